The summed E-state index contributed by atoms with van der Waals surface area (Å²) in [6, 6.07) is 6.42. The lowest BCUT2D eigenvalue weighted by Crippen LogP contribution is -2.62. The Labute approximate surface area is 236 Å². The molecule has 3 rings (SSSR count). The number of carbonyl (C=O) groups is 2. The predicted molar refractivity (Wildman–Crippen MR) is 160 cm³/mol. The molecule has 2 atom stereocenters. The molecule has 38 heavy (non-hydrogen) atoms. The predicted octanol–water partition coefficient (Wildman–Crippen LogP) is 8.28. The minimum absolute atomic E-state index is 0.180. The Kier molecular flexibility index (Phi) is 13.6. The van der Waals surface area contributed by atoms with E-state index in [0.717, 1.165) is 53.8 Å². The van der Waals surface area contributed by atoms with E-state index in [1.807, 2.05) is 44.7 Å². The second-order valence-electron chi connectivity index (χ2n) is 10.7. The molecule has 2 aliphatic rings. The van der Waals surface area contributed by atoms with Crippen LogP contribution in [0.4, 0.5) is 0 Å². The number of rotatable bonds is 10. The Morgan fingerprint density at radius 3 is 2.24 bits per heavy atom. The maximum atomic E-state index is 12.6. The fraction of sp³-hybridized carbons (Fsp3) is 0.625. The molecular weight excluding hydrogens is 496 g/mol. The second kappa shape index (κ2) is 15.4. The van der Waals surface area contributed by atoms with Crippen molar-refractivity contribution in [3.05, 3.63) is 58.8 Å². The van der Waals surface area contributed by atoms with Gasteiger partial charge in [-0.3, -0.25) is 9.59 Å². The third-order valence-electron chi connectivity index (χ3n) is 7.61. The summed E-state index contributed by atoms with van der Waals surface area (Å²) in [7, 11) is 0. The molecule has 1 amide bonds. The van der Waals surface area contributed by atoms with Crippen LogP contribution in [0, 0.1) is 17.8 Å². The van der Waals surface area contributed by atoms with Crippen LogP contribution >= 0.6 is 11.6 Å². The van der Waals surface area contributed by atoms with Gasteiger partial charge in [0.2, 0.25) is 6.41 Å². The highest BCUT2D eigenvalue weighted by atomic mass is 35.5. The summed E-state index contributed by atoms with van der Waals surface area (Å²) in [5.41, 5.74) is 2.58. The number of carboxylic acids is 1. The van der Waals surface area contributed by atoms with Crippen LogP contribution in [0.15, 0.2) is 42.6 Å². The molecule has 1 aliphatic heterocycles. The van der Waals surface area contributed by atoms with Crippen LogP contribution in [0.1, 0.15) is 99.1 Å². The molecule has 5 nitrogen and oxygen atoms in total. The van der Waals surface area contributed by atoms with Crippen LogP contribution in [0.25, 0.3) is 0 Å². The lowest BCUT2D eigenvalue weighted by atomic mass is 9.73. The minimum atomic E-state index is -0.753. The fourth-order valence-electron chi connectivity index (χ4n) is 5.53. The molecule has 0 radical (unpaired) electrons. The zero-order valence-electron chi connectivity index (χ0n) is 25.1. The van der Waals surface area contributed by atoms with Gasteiger partial charge in [0, 0.05) is 23.7 Å². The van der Waals surface area contributed by atoms with Crippen molar-refractivity contribution in [3.63, 3.8) is 0 Å². The number of nitrogens with zero attached hydrogens (tertiary/aromatic N) is 2. The third kappa shape index (κ3) is 7.43. The largest absolute Gasteiger partial charge is 0.481 e. The van der Waals surface area contributed by atoms with E-state index in [2.05, 4.69) is 64.4 Å². The molecule has 0 saturated heterocycles. The number of carbonyl (C=O) groups excluding carboxylic acids is 1. The van der Waals surface area contributed by atoms with Crippen molar-refractivity contribution in [2.45, 2.75) is 112 Å². The summed E-state index contributed by atoms with van der Waals surface area (Å²) in [6.07, 6.45) is 8.41. The standard InChI is InChI=1S/C28H39ClN2O3.2C2H6/c1-7-26-30(23-12-20(13-23)14-27(33)34)16-24(19(4)5)28(6,31(26)17-32)22-11-10-21(25(29)15-22)9-8-18(2)3;2*1-2/h7,10-11,15-20,23,26H,1,8-9,12-14H2,2-6H3,(H,33,34);2*1-2H3/t20?,23?,26?,28-;;/m0../s1. The monoisotopic (exact) mass is 546 g/mol. The number of carboxylic acid groups (broad SMARTS) is 1. The first kappa shape index (κ1) is 33.8. The van der Waals surface area contributed by atoms with Crippen LogP contribution < -0.4 is 0 Å². The molecule has 0 spiro atoms. The smallest absolute Gasteiger partial charge is 0.303 e. The summed E-state index contributed by atoms with van der Waals surface area (Å²) < 4.78 is 0. The maximum Gasteiger partial charge on any atom is 0.303 e. The topological polar surface area (TPSA) is 60.9 Å². The van der Waals surface area contributed by atoms with E-state index < -0.39 is 11.5 Å². The lowest BCUT2D eigenvalue weighted by molar-refractivity contribution is -0.140. The summed E-state index contributed by atoms with van der Waals surface area (Å²) in [5, 5.41) is 9.87. The zero-order chi connectivity index (χ0) is 29.2. The van der Waals surface area contributed by atoms with E-state index >= 15 is 0 Å². The van der Waals surface area contributed by atoms with Crippen molar-refractivity contribution in [1.29, 1.82) is 0 Å². The van der Waals surface area contributed by atoms with Crippen LogP contribution in [0.2, 0.25) is 5.02 Å². The van der Waals surface area contributed by atoms with Gasteiger partial charge in [-0.15, -0.1) is 0 Å². The third-order valence-corrected chi connectivity index (χ3v) is 7.96. The Hall–Kier alpha value is -2.27. The number of hydrogen-bond donors (Lipinski definition) is 1. The molecule has 1 unspecified atom stereocenters. The molecule has 1 saturated carbocycles. The maximum absolute atomic E-state index is 12.6. The van der Waals surface area contributed by atoms with Gasteiger partial charge in [0.25, 0.3) is 0 Å². The van der Waals surface area contributed by atoms with Gasteiger partial charge in [-0.25, -0.2) is 0 Å². The van der Waals surface area contributed by atoms with Crippen molar-refractivity contribution >= 4 is 24.0 Å². The van der Waals surface area contributed by atoms with Gasteiger partial charge in [-0.2, -0.15) is 0 Å². The molecule has 1 aromatic carbocycles. The van der Waals surface area contributed by atoms with Crippen molar-refractivity contribution < 1.29 is 14.7 Å². The van der Waals surface area contributed by atoms with E-state index in [9.17, 15) is 9.59 Å². The molecule has 0 bridgehead atoms. The van der Waals surface area contributed by atoms with Crippen LogP contribution in [-0.4, -0.2) is 39.5 Å². The molecule has 1 N–H and O–H groups in total. The van der Waals surface area contributed by atoms with Gasteiger partial charge in [0.15, 0.2) is 0 Å². The van der Waals surface area contributed by atoms with Gasteiger partial charge < -0.3 is 14.9 Å². The second-order valence-corrected chi connectivity index (χ2v) is 11.2. The van der Waals surface area contributed by atoms with Gasteiger partial charge in [0.1, 0.15) is 6.17 Å². The Balaban J connectivity index is 0.00000172. The molecule has 1 fully saturated rings. The Bertz CT molecular complexity index is 952. The fourth-order valence-corrected chi connectivity index (χ4v) is 5.80. The van der Waals surface area contributed by atoms with Gasteiger partial charge in [-0.1, -0.05) is 85.7 Å². The van der Waals surface area contributed by atoms with E-state index in [1.165, 1.54) is 0 Å². The SMILES string of the molecule is C=CC1N(C2CC(CC(=O)O)C2)C=C(C(C)C)[C@](C)(c2ccc(CCC(C)C)c(Cl)c2)N1C=O.CC.CC. The van der Waals surface area contributed by atoms with Crippen molar-refractivity contribution in [1.82, 2.24) is 9.80 Å². The highest BCUT2D eigenvalue weighted by Gasteiger charge is 2.48. The van der Waals surface area contributed by atoms with E-state index in [1.54, 1.807) is 0 Å². The lowest BCUT2D eigenvalue weighted by Gasteiger charge is -2.57. The minimum Gasteiger partial charge on any atom is -0.481 e. The summed E-state index contributed by atoms with van der Waals surface area (Å²) >= 11 is 6.75. The van der Waals surface area contributed by atoms with E-state index in [4.69, 9.17) is 16.7 Å². The van der Waals surface area contributed by atoms with Crippen LogP contribution in [0.5, 0.6) is 0 Å². The average Bonchev–Trinajstić information content (AvgIpc) is 2.86. The van der Waals surface area contributed by atoms with Crippen molar-refractivity contribution in [2.75, 3.05) is 0 Å². The van der Waals surface area contributed by atoms with Gasteiger partial charge >= 0.3 is 5.97 Å². The molecule has 1 aromatic rings. The zero-order valence-corrected chi connectivity index (χ0v) is 25.9. The number of hydrogen-bond acceptors (Lipinski definition) is 3. The first-order valence-electron chi connectivity index (χ1n) is 14.4. The molecule has 1 aliphatic carbocycles. The summed E-state index contributed by atoms with van der Waals surface area (Å²) in [4.78, 5) is 27.8. The van der Waals surface area contributed by atoms with Gasteiger partial charge in [0.05, 0.1) is 5.54 Å². The quantitative estimate of drug-likeness (QED) is 0.237. The van der Waals surface area contributed by atoms with E-state index in [0.29, 0.717) is 5.92 Å². The number of halogens is 1. The van der Waals surface area contributed by atoms with Crippen molar-refractivity contribution in [2.24, 2.45) is 17.8 Å². The number of aryl methyl sites for hydroxylation is 1. The van der Waals surface area contributed by atoms with Crippen LogP contribution in [-0.2, 0) is 21.5 Å². The Morgan fingerprint density at radius 2 is 1.79 bits per heavy atom. The highest BCUT2D eigenvalue weighted by molar-refractivity contribution is 6.31. The summed E-state index contributed by atoms with van der Waals surface area (Å²) in [6.45, 7) is 22.8. The number of aliphatic carboxylic acids is 1. The Morgan fingerprint density at radius 1 is 1.18 bits per heavy atom. The number of amides is 1. The highest BCUT2D eigenvalue weighted by Crippen LogP contribution is 2.47. The molecule has 6 heteroatoms. The molecular formula is C32H51ClN2O3. The molecule has 1 heterocycles. The molecule has 214 valence electrons. The normalized spacial score (nSPS) is 24.4. The summed E-state index contributed by atoms with van der Waals surface area (Å²) in [5.74, 6) is 0.221. The number of benzene rings is 1. The first-order valence-corrected chi connectivity index (χ1v) is 14.8. The van der Waals surface area contributed by atoms with Crippen molar-refractivity contribution in [3.8, 4) is 0 Å². The molecule has 0 aromatic heterocycles. The first-order chi connectivity index (χ1) is 18.0. The van der Waals surface area contributed by atoms with E-state index in [-0.39, 0.29) is 30.5 Å². The van der Waals surface area contributed by atoms with Crippen LogP contribution in [0.3, 0.4) is 0 Å². The van der Waals surface area contributed by atoms with Gasteiger partial charge in [-0.05, 0) is 79.2 Å². The average molecular weight is 547 g/mol.